The first kappa shape index (κ1) is 21.3. The van der Waals surface area contributed by atoms with Crippen LogP contribution in [0.25, 0.3) is 0 Å². The van der Waals surface area contributed by atoms with Gasteiger partial charge in [-0.15, -0.1) is 24.0 Å². The van der Waals surface area contributed by atoms with Crippen molar-refractivity contribution in [2.24, 2.45) is 16.8 Å². The number of pyridine rings is 1. The van der Waals surface area contributed by atoms with Crippen LogP contribution in [0.15, 0.2) is 23.3 Å². The van der Waals surface area contributed by atoms with Crippen molar-refractivity contribution in [3.63, 3.8) is 0 Å². The molecule has 0 saturated carbocycles. The van der Waals surface area contributed by atoms with E-state index in [1.807, 2.05) is 13.2 Å². The first-order valence-corrected chi connectivity index (χ1v) is 9.81. The largest absolute Gasteiger partial charge is 0.357 e. The second kappa shape index (κ2) is 10.3. The molecule has 0 radical (unpaired) electrons. The van der Waals surface area contributed by atoms with Crippen LogP contribution in [0.5, 0.6) is 0 Å². The Morgan fingerprint density at radius 3 is 2.54 bits per heavy atom. The van der Waals surface area contributed by atoms with E-state index in [1.165, 1.54) is 31.2 Å². The summed E-state index contributed by atoms with van der Waals surface area (Å²) in [4.78, 5) is 13.9. The molecule has 146 valence electrons. The van der Waals surface area contributed by atoms with Gasteiger partial charge in [0, 0.05) is 46.0 Å². The lowest BCUT2D eigenvalue weighted by Crippen LogP contribution is -2.45. The van der Waals surface area contributed by atoms with Crippen LogP contribution in [-0.4, -0.2) is 49.1 Å². The molecule has 2 fully saturated rings. The SMILES string of the molecule is CN=C(NCc1ccc(N2CCC(C)CC2)nc1)N1CCCC(C)C1.I. The highest BCUT2D eigenvalue weighted by Crippen LogP contribution is 2.21. The number of aromatic nitrogens is 1. The average molecular weight is 471 g/mol. The summed E-state index contributed by atoms with van der Waals surface area (Å²) < 4.78 is 0. The number of aliphatic imine (C=N–C) groups is 1. The summed E-state index contributed by atoms with van der Waals surface area (Å²) in [6, 6.07) is 4.36. The van der Waals surface area contributed by atoms with E-state index in [1.54, 1.807) is 0 Å². The smallest absolute Gasteiger partial charge is 0.193 e. The van der Waals surface area contributed by atoms with Gasteiger partial charge in [-0.05, 0) is 49.1 Å². The third-order valence-electron chi connectivity index (χ3n) is 5.54. The lowest BCUT2D eigenvalue weighted by atomic mass is 9.99. The molecule has 3 heterocycles. The van der Waals surface area contributed by atoms with Crippen LogP contribution in [0.1, 0.15) is 45.1 Å². The minimum absolute atomic E-state index is 0. The molecular weight excluding hydrogens is 437 g/mol. The van der Waals surface area contributed by atoms with Crippen molar-refractivity contribution in [3.05, 3.63) is 23.9 Å². The molecule has 2 aliphatic rings. The predicted molar refractivity (Wildman–Crippen MR) is 120 cm³/mol. The van der Waals surface area contributed by atoms with Gasteiger partial charge >= 0.3 is 0 Å². The van der Waals surface area contributed by atoms with Crippen molar-refractivity contribution in [3.8, 4) is 0 Å². The van der Waals surface area contributed by atoms with Crippen LogP contribution in [0.4, 0.5) is 5.82 Å². The van der Waals surface area contributed by atoms with E-state index in [2.05, 4.69) is 51.1 Å². The molecule has 0 spiro atoms. The number of rotatable bonds is 3. The Bertz CT molecular complexity index is 566. The van der Waals surface area contributed by atoms with Crippen LogP contribution < -0.4 is 10.2 Å². The van der Waals surface area contributed by atoms with Gasteiger partial charge in [-0.2, -0.15) is 0 Å². The number of guanidine groups is 1. The van der Waals surface area contributed by atoms with Crippen molar-refractivity contribution >= 4 is 35.8 Å². The molecule has 3 rings (SSSR count). The first-order chi connectivity index (χ1) is 12.2. The minimum Gasteiger partial charge on any atom is -0.357 e. The third kappa shape index (κ3) is 5.72. The highest BCUT2D eigenvalue weighted by molar-refractivity contribution is 14.0. The van der Waals surface area contributed by atoms with Gasteiger partial charge in [0.1, 0.15) is 5.82 Å². The summed E-state index contributed by atoms with van der Waals surface area (Å²) >= 11 is 0. The monoisotopic (exact) mass is 471 g/mol. The summed E-state index contributed by atoms with van der Waals surface area (Å²) in [7, 11) is 1.88. The Labute approximate surface area is 175 Å². The maximum atomic E-state index is 4.69. The maximum absolute atomic E-state index is 4.69. The zero-order valence-corrected chi connectivity index (χ0v) is 18.8. The van der Waals surface area contributed by atoms with E-state index >= 15 is 0 Å². The third-order valence-corrected chi connectivity index (χ3v) is 5.54. The second-order valence-corrected chi connectivity index (χ2v) is 7.79. The van der Waals surface area contributed by atoms with Crippen molar-refractivity contribution in [1.82, 2.24) is 15.2 Å². The average Bonchev–Trinajstić information content (AvgIpc) is 2.64. The Hall–Kier alpha value is -1.05. The van der Waals surface area contributed by atoms with E-state index in [4.69, 9.17) is 0 Å². The molecule has 0 bridgehead atoms. The summed E-state index contributed by atoms with van der Waals surface area (Å²) in [5, 5.41) is 3.50. The lowest BCUT2D eigenvalue weighted by Gasteiger charge is -2.33. The van der Waals surface area contributed by atoms with Crippen LogP contribution in [-0.2, 0) is 6.54 Å². The van der Waals surface area contributed by atoms with Gasteiger partial charge in [-0.3, -0.25) is 4.99 Å². The fourth-order valence-electron chi connectivity index (χ4n) is 3.84. The number of nitrogens with zero attached hydrogens (tertiary/aromatic N) is 4. The summed E-state index contributed by atoms with van der Waals surface area (Å²) in [6.45, 7) is 9.91. The van der Waals surface area contributed by atoms with Crippen molar-refractivity contribution in [1.29, 1.82) is 0 Å². The zero-order chi connectivity index (χ0) is 17.6. The number of anilines is 1. The number of likely N-dealkylation sites (tertiary alicyclic amines) is 1. The van der Waals surface area contributed by atoms with Crippen molar-refractivity contribution in [2.45, 2.75) is 46.1 Å². The van der Waals surface area contributed by atoms with E-state index in [-0.39, 0.29) is 24.0 Å². The minimum atomic E-state index is 0. The normalized spacial score (nSPS) is 22.1. The van der Waals surface area contributed by atoms with Gasteiger partial charge in [0.05, 0.1) is 0 Å². The maximum Gasteiger partial charge on any atom is 0.193 e. The lowest BCUT2D eigenvalue weighted by molar-refractivity contribution is 0.266. The molecule has 6 heteroatoms. The van der Waals surface area contributed by atoms with Crippen LogP contribution in [0.3, 0.4) is 0 Å². The molecule has 0 aromatic carbocycles. The molecule has 1 aromatic heterocycles. The van der Waals surface area contributed by atoms with Crippen LogP contribution in [0.2, 0.25) is 0 Å². The predicted octanol–water partition coefficient (Wildman–Crippen LogP) is 3.74. The van der Waals surface area contributed by atoms with Crippen molar-refractivity contribution < 1.29 is 0 Å². The molecular formula is C20H34IN5. The van der Waals surface area contributed by atoms with Gasteiger partial charge < -0.3 is 15.1 Å². The van der Waals surface area contributed by atoms with Gasteiger partial charge in [0.15, 0.2) is 5.96 Å². The molecule has 5 nitrogen and oxygen atoms in total. The summed E-state index contributed by atoms with van der Waals surface area (Å²) in [6.07, 6.45) is 7.14. The molecule has 26 heavy (non-hydrogen) atoms. The van der Waals surface area contributed by atoms with Gasteiger partial charge in [0.2, 0.25) is 0 Å². The number of halogens is 1. The Kier molecular flexibility index (Phi) is 8.44. The van der Waals surface area contributed by atoms with E-state index in [9.17, 15) is 0 Å². The van der Waals surface area contributed by atoms with E-state index in [0.717, 1.165) is 56.3 Å². The highest BCUT2D eigenvalue weighted by atomic mass is 127. The number of nitrogens with one attached hydrogen (secondary N) is 1. The summed E-state index contributed by atoms with van der Waals surface area (Å²) in [5.74, 6) is 3.73. The van der Waals surface area contributed by atoms with Crippen LogP contribution in [0, 0.1) is 11.8 Å². The van der Waals surface area contributed by atoms with E-state index < -0.39 is 0 Å². The molecule has 0 aliphatic carbocycles. The van der Waals surface area contributed by atoms with Gasteiger partial charge in [-0.25, -0.2) is 4.98 Å². The molecule has 1 N–H and O–H groups in total. The van der Waals surface area contributed by atoms with E-state index in [0.29, 0.717) is 0 Å². The van der Waals surface area contributed by atoms with Gasteiger partial charge in [-0.1, -0.05) is 19.9 Å². The molecule has 1 aromatic rings. The fourth-order valence-corrected chi connectivity index (χ4v) is 3.84. The standard InChI is InChI=1S/C20H33N5.HI/c1-16-8-11-24(12-9-16)19-7-6-18(13-22-19)14-23-20(21-3)25-10-4-5-17(2)15-25;/h6-7,13,16-17H,4-5,8-12,14-15H2,1-3H3,(H,21,23);1H. The Morgan fingerprint density at radius 2 is 1.92 bits per heavy atom. The Morgan fingerprint density at radius 1 is 1.15 bits per heavy atom. The van der Waals surface area contributed by atoms with Gasteiger partial charge in [0.25, 0.3) is 0 Å². The summed E-state index contributed by atoms with van der Waals surface area (Å²) in [5.41, 5.74) is 1.21. The number of hydrogen-bond acceptors (Lipinski definition) is 3. The molecule has 2 saturated heterocycles. The molecule has 0 amide bonds. The molecule has 1 unspecified atom stereocenters. The highest BCUT2D eigenvalue weighted by Gasteiger charge is 2.19. The molecule has 2 aliphatic heterocycles. The van der Waals surface area contributed by atoms with Crippen LogP contribution >= 0.6 is 24.0 Å². The molecule has 1 atom stereocenters. The van der Waals surface area contributed by atoms with Crippen molar-refractivity contribution in [2.75, 3.05) is 38.1 Å². The number of hydrogen-bond donors (Lipinski definition) is 1. The Balaban J connectivity index is 0.00000243. The zero-order valence-electron chi connectivity index (χ0n) is 16.4. The number of piperidine rings is 2. The topological polar surface area (TPSA) is 43.8 Å². The quantitative estimate of drug-likeness (QED) is 0.415. The second-order valence-electron chi connectivity index (χ2n) is 7.79. The fraction of sp³-hybridized carbons (Fsp3) is 0.700. The first-order valence-electron chi connectivity index (χ1n) is 9.81.